The highest BCUT2D eigenvalue weighted by Crippen LogP contribution is 2.43. The van der Waals surface area contributed by atoms with Crippen LogP contribution in [0.4, 0.5) is 0 Å². The molecule has 0 unspecified atom stereocenters. The monoisotopic (exact) mass is 356 g/mol. The Morgan fingerprint density at radius 1 is 0.889 bits per heavy atom. The topological polar surface area (TPSA) is 57.5 Å². The van der Waals surface area contributed by atoms with E-state index < -0.39 is 0 Å². The number of carbonyl (C=O) groups excluding carboxylic acids is 1. The van der Waals surface area contributed by atoms with Crippen molar-refractivity contribution in [3.8, 4) is 11.5 Å². The molecule has 0 spiro atoms. The number of fused-ring (bicyclic) bond motifs is 1. The number of carbonyl (C=O) groups is 1. The minimum absolute atomic E-state index is 0.0375. The van der Waals surface area contributed by atoms with E-state index in [1.54, 1.807) is 72.8 Å². The fourth-order valence-corrected chi connectivity index (χ4v) is 3.13. The van der Waals surface area contributed by atoms with Crippen LogP contribution in [0, 0.1) is 0 Å². The molecule has 0 aliphatic rings. The van der Waals surface area contributed by atoms with Gasteiger partial charge in [-0.3, -0.25) is 4.79 Å². The van der Waals surface area contributed by atoms with E-state index >= 15 is 0 Å². The Kier molecular flexibility index (Phi) is 5.23. The molecule has 0 fully saturated rings. The van der Waals surface area contributed by atoms with Crippen LogP contribution in [-0.4, -0.2) is 16.0 Å². The van der Waals surface area contributed by atoms with Gasteiger partial charge in [0.15, 0.2) is 5.78 Å². The van der Waals surface area contributed by atoms with Crippen molar-refractivity contribution in [2.45, 2.75) is 6.92 Å². The van der Waals surface area contributed by atoms with Crippen molar-refractivity contribution >= 4 is 22.1 Å². The molecular formula is C24H20O3. The largest absolute Gasteiger partial charge is 0.507 e. The van der Waals surface area contributed by atoms with Gasteiger partial charge < -0.3 is 10.2 Å². The molecule has 3 aromatic rings. The van der Waals surface area contributed by atoms with Crippen molar-refractivity contribution < 1.29 is 15.0 Å². The van der Waals surface area contributed by atoms with Crippen molar-refractivity contribution in [2.75, 3.05) is 0 Å². The predicted molar refractivity (Wildman–Crippen MR) is 110 cm³/mol. The Hall–Kier alpha value is -3.59. The molecule has 0 aromatic heterocycles. The predicted octanol–water partition coefficient (Wildman–Crippen LogP) is 5.63. The summed E-state index contributed by atoms with van der Waals surface area (Å²) in [6.07, 6.45) is 6.86. The zero-order chi connectivity index (χ0) is 19.4. The quantitative estimate of drug-likeness (QED) is 0.354. The minimum atomic E-state index is -0.351. The zero-order valence-electron chi connectivity index (χ0n) is 15.0. The lowest BCUT2D eigenvalue weighted by atomic mass is 9.88. The van der Waals surface area contributed by atoms with Crippen LogP contribution in [0.5, 0.6) is 11.5 Å². The third kappa shape index (κ3) is 3.27. The third-order valence-corrected chi connectivity index (χ3v) is 4.44. The Morgan fingerprint density at radius 2 is 1.44 bits per heavy atom. The van der Waals surface area contributed by atoms with Crippen molar-refractivity contribution in [3.05, 3.63) is 102 Å². The van der Waals surface area contributed by atoms with Gasteiger partial charge in [-0.25, -0.2) is 0 Å². The van der Waals surface area contributed by atoms with Gasteiger partial charge in [-0.15, -0.1) is 0 Å². The maximum absolute atomic E-state index is 13.2. The van der Waals surface area contributed by atoms with Crippen LogP contribution in [0.25, 0.3) is 16.3 Å². The second-order valence-corrected chi connectivity index (χ2v) is 6.03. The molecule has 3 aromatic carbocycles. The maximum atomic E-state index is 13.2. The van der Waals surface area contributed by atoms with Crippen LogP contribution in [0.3, 0.4) is 0 Å². The zero-order valence-corrected chi connectivity index (χ0v) is 15.0. The number of hydrogen-bond acceptors (Lipinski definition) is 3. The molecule has 2 N–H and O–H groups in total. The smallest absolute Gasteiger partial charge is 0.197 e. The van der Waals surface area contributed by atoms with E-state index in [9.17, 15) is 15.0 Å². The van der Waals surface area contributed by atoms with Gasteiger partial charge in [0.2, 0.25) is 0 Å². The lowest BCUT2D eigenvalue weighted by Gasteiger charge is -2.17. The average molecular weight is 356 g/mol. The van der Waals surface area contributed by atoms with Gasteiger partial charge in [0.05, 0.1) is 5.56 Å². The SMILES string of the molecule is C=CC=CC(=CC)c1c(C(=O)c2ccccc2)c(O)c2ccccc2c1O. The van der Waals surface area contributed by atoms with E-state index in [2.05, 4.69) is 6.58 Å². The number of phenols is 2. The molecule has 3 nitrogen and oxygen atoms in total. The van der Waals surface area contributed by atoms with E-state index in [1.165, 1.54) is 0 Å². The number of phenolic OH excluding ortho intramolecular Hbond substituents is 2. The number of allylic oxidation sites excluding steroid dienone is 5. The molecule has 0 saturated heterocycles. The summed E-state index contributed by atoms with van der Waals surface area (Å²) in [4.78, 5) is 13.2. The molecule has 0 radical (unpaired) electrons. The number of aromatic hydroxyl groups is 2. The van der Waals surface area contributed by atoms with E-state index in [0.29, 0.717) is 27.5 Å². The van der Waals surface area contributed by atoms with Gasteiger partial charge in [0, 0.05) is 21.9 Å². The highest BCUT2D eigenvalue weighted by Gasteiger charge is 2.25. The molecular weight excluding hydrogens is 336 g/mol. The molecule has 0 aliphatic heterocycles. The third-order valence-electron chi connectivity index (χ3n) is 4.44. The molecule has 3 heteroatoms. The maximum Gasteiger partial charge on any atom is 0.197 e. The standard InChI is InChI=1S/C24H20O3/c1-3-5-11-16(4-2)20-21(22(25)17-12-7-6-8-13-17)24(27)19-15-10-9-14-18(19)23(20)26/h3-15,26-27H,1H2,2H3. The van der Waals surface area contributed by atoms with Crippen LogP contribution in [0.1, 0.15) is 28.4 Å². The number of rotatable bonds is 5. The normalized spacial score (nSPS) is 11.8. The lowest BCUT2D eigenvalue weighted by Crippen LogP contribution is -2.06. The molecule has 0 saturated carbocycles. The van der Waals surface area contributed by atoms with Crippen LogP contribution in [0.2, 0.25) is 0 Å². The summed E-state index contributed by atoms with van der Waals surface area (Å²) in [6, 6.07) is 15.7. The Balaban J connectivity index is 2.41. The molecule has 27 heavy (non-hydrogen) atoms. The van der Waals surface area contributed by atoms with Crippen LogP contribution >= 0.6 is 0 Å². The first kappa shape index (κ1) is 18.2. The van der Waals surface area contributed by atoms with Gasteiger partial charge in [-0.2, -0.15) is 0 Å². The van der Waals surface area contributed by atoms with Gasteiger partial charge in [-0.05, 0) is 12.5 Å². The van der Waals surface area contributed by atoms with Gasteiger partial charge in [0.1, 0.15) is 11.5 Å². The first-order chi connectivity index (χ1) is 13.1. The first-order valence-corrected chi connectivity index (χ1v) is 8.62. The summed E-state index contributed by atoms with van der Waals surface area (Å²) in [5.74, 6) is -0.529. The minimum Gasteiger partial charge on any atom is -0.507 e. The summed E-state index contributed by atoms with van der Waals surface area (Å²) >= 11 is 0. The second-order valence-electron chi connectivity index (χ2n) is 6.03. The second kappa shape index (κ2) is 7.75. The molecule has 0 amide bonds. The summed E-state index contributed by atoms with van der Waals surface area (Å²) < 4.78 is 0. The van der Waals surface area contributed by atoms with Crippen molar-refractivity contribution in [1.29, 1.82) is 0 Å². The number of benzene rings is 3. The first-order valence-electron chi connectivity index (χ1n) is 8.62. The highest BCUT2D eigenvalue weighted by molar-refractivity contribution is 6.18. The summed E-state index contributed by atoms with van der Waals surface area (Å²) in [5, 5.41) is 22.9. The van der Waals surface area contributed by atoms with E-state index in [-0.39, 0.29) is 22.8 Å². The molecule has 134 valence electrons. The Bertz CT molecular complexity index is 1070. The van der Waals surface area contributed by atoms with Crippen molar-refractivity contribution in [3.63, 3.8) is 0 Å². The Morgan fingerprint density at radius 3 is 2.00 bits per heavy atom. The van der Waals surface area contributed by atoms with Crippen molar-refractivity contribution in [2.24, 2.45) is 0 Å². The fraction of sp³-hybridized carbons (Fsp3) is 0.0417. The van der Waals surface area contributed by atoms with Crippen LogP contribution in [0.15, 0.2) is 85.5 Å². The summed E-state index contributed by atoms with van der Waals surface area (Å²) in [7, 11) is 0. The number of hydrogen-bond donors (Lipinski definition) is 2. The van der Waals surface area contributed by atoms with Crippen molar-refractivity contribution in [1.82, 2.24) is 0 Å². The molecule has 3 rings (SSSR count). The molecule has 0 atom stereocenters. The molecule has 0 bridgehead atoms. The van der Waals surface area contributed by atoms with Crippen LogP contribution < -0.4 is 0 Å². The van der Waals surface area contributed by atoms with Gasteiger partial charge in [-0.1, -0.05) is 85.5 Å². The Labute approximate surface area is 158 Å². The molecule has 0 aliphatic carbocycles. The molecule has 0 heterocycles. The highest BCUT2D eigenvalue weighted by atomic mass is 16.3. The lowest BCUT2D eigenvalue weighted by molar-refractivity contribution is 0.103. The van der Waals surface area contributed by atoms with E-state index in [1.807, 2.05) is 13.0 Å². The summed E-state index contributed by atoms with van der Waals surface area (Å²) in [5.41, 5.74) is 1.44. The van der Waals surface area contributed by atoms with E-state index in [0.717, 1.165) is 0 Å². The van der Waals surface area contributed by atoms with Gasteiger partial charge >= 0.3 is 0 Å². The van der Waals surface area contributed by atoms with E-state index in [4.69, 9.17) is 0 Å². The number of ketones is 1. The average Bonchev–Trinajstić information content (AvgIpc) is 2.72. The van der Waals surface area contributed by atoms with Crippen LogP contribution in [-0.2, 0) is 0 Å². The fourth-order valence-electron chi connectivity index (χ4n) is 3.13. The summed E-state index contributed by atoms with van der Waals surface area (Å²) in [6.45, 7) is 5.47. The van der Waals surface area contributed by atoms with Gasteiger partial charge in [0.25, 0.3) is 0 Å².